The number of nitrogens with two attached hydrogens (primary N) is 1. The summed E-state index contributed by atoms with van der Waals surface area (Å²) in [6.07, 6.45) is 3.12. The van der Waals surface area contributed by atoms with Crippen molar-refractivity contribution in [1.29, 1.82) is 5.41 Å². The number of sulfonamides is 1. The van der Waals surface area contributed by atoms with Crippen LogP contribution in [0.3, 0.4) is 0 Å². The zero-order valence-electron chi connectivity index (χ0n) is 17.9. The molecule has 0 radical (unpaired) electrons. The fourth-order valence-corrected chi connectivity index (χ4v) is 5.12. The standard InChI is InChI=1S/C23H27FN4O3S/c1-27-32(29,30)11-8-19-20-13-21(26)16(14-25)12-22(20)28(18-4-2-17(24)3-5-18)23(19)15-6-9-31-10-7-15/h2-5,12-15,25,27H,6-11,26H2,1H3. The highest BCUT2D eigenvalue weighted by Crippen LogP contribution is 2.40. The Bertz CT molecular complexity index is 1250. The smallest absolute Gasteiger partial charge is 0.211 e. The Morgan fingerprint density at radius 3 is 2.56 bits per heavy atom. The predicted molar refractivity (Wildman–Crippen MR) is 125 cm³/mol. The van der Waals surface area contributed by atoms with Crippen molar-refractivity contribution >= 4 is 32.8 Å². The number of fused-ring (bicyclic) bond motifs is 1. The van der Waals surface area contributed by atoms with E-state index < -0.39 is 10.0 Å². The first-order chi connectivity index (χ1) is 15.3. The molecule has 9 heteroatoms. The molecule has 1 fully saturated rings. The fourth-order valence-electron chi connectivity index (χ4n) is 4.45. The topological polar surface area (TPSA) is 110 Å². The molecule has 4 rings (SSSR count). The van der Waals surface area contributed by atoms with Crippen molar-refractivity contribution in [3.05, 3.63) is 59.0 Å². The monoisotopic (exact) mass is 458 g/mol. The van der Waals surface area contributed by atoms with Gasteiger partial charge in [0.15, 0.2) is 0 Å². The Balaban J connectivity index is 2.02. The number of nitrogens with one attached hydrogen (secondary N) is 2. The number of aryl methyl sites for hydroxylation is 1. The second-order valence-electron chi connectivity index (χ2n) is 7.98. The van der Waals surface area contributed by atoms with Crippen LogP contribution < -0.4 is 10.5 Å². The molecule has 3 aromatic rings. The molecular weight excluding hydrogens is 431 g/mol. The first kappa shape index (κ1) is 22.4. The highest BCUT2D eigenvalue weighted by atomic mass is 32.2. The largest absolute Gasteiger partial charge is 0.398 e. The molecule has 0 aliphatic carbocycles. The third kappa shape index (κ3) is 4.28. The third-order valence-electron chi connectivity index (χ3n) is 6.10. The molecule has 2 aromatic carbocycles. The lowest BCUT2D eigenvalue weighted by Crippen LogP contribution is -2.24. The maximum absolute atomic E-state index is 13.7. The summed E-state index contributed by atoms with van der Waals surface area (Å²) in [5.74, 6) is -0.241. The average molecular weight is 459 g/mol. The van der Waals surface area contributed by atoms with Crippen LogP contribution in [0.2, 0.25) is 0 Å². The van der Waals surface area contributed by atoms with Crippen LogP contribution in [-0.2, 0) is 21.2 Å². The van der Waals surface area contributed by atoms with Gasteiger partial charge in [0.2, 0.25) is 10.0 Å². The van der Waals surface area contributed by atoms with Crippen molar-refractivity contribution in [2.75, 3.05) is 31.7 Å². The summed E-state index contributed by atoms with van der Waals surface area (Å²) in [4.78, 5) is 0. The molecule has 1 aliphatic rings. The predicted octanol–water partition coefficient (Wildman–Crippen LogP) is 3.34. The molecule has 4 N–H and O–H groups in total. The minimum atomic E-state index is -3.42. The van der Waals surface area contributed by atoms with Crippen molar-refractivity contribution in [2.24, 2.45) is 0 Å². The lowest BCUT2D eigenvalue weighted by atomic mass is 9.91. The van der Waals surface area contributed by atoms with Crippen molar-refractivity contribution in [2.45, 2.75) is 25.2 Å². The maximum atomic E-state index is 13.7. The van der Waals surface area contributed by atoms with Gasteiger partial charge in [-0.1, -0.05) is 0 Å². The van der Waals surface area contributed by atoms with Crippen LogP contribution in [0.15, 0.2) is 36.4 Å². The summed E-state index contributed by atoms with van der Waals surface area (Å²) in [6, 6.07) is 9.92. The van der Waals surface area contributed by atoms with Gasteiger partial charge < -0.3 is 20.4 Å². The average Bonchev–Trinajstić information content (AvgIpc) is 3.11. The number of aromatic nitrogens is 1. The van der Waals surface area contributed by atoms with Crippen molar-refractivity contribution < 1.29 is 17.5 Å². The van der Waals surface area contributed by atoms with Gasteiger partial charge in [0, 0.05) is 53.4 Å². The van der Waals surface area contributed by atoms with Gasteiger partial charge >= 0.3 is 0 Å². The zero-order chi connectivity index (χ0) is 22.9. The number of rotatable bonds is 7. The van der Waals surface area contributed by atoms with E-state index in [0.29, 0.717) is 30.9 Å². The summed E-state index contributed by atoms with van der Waals surface area (Å²) < 4.78 is 48.2. The van der Waals surface area contributed by atoms with Crippen molar-refractivity contribution in [1.82, 2.24) is 9.29 Å². The van der Waals surface area contributed by atoms with E-state index in [-0.39, 0.29) is 17.5 Å². The van der Waals surface area contributed by atoms with E-state index >= 15 is 0 Å². The fraction of sp³-hybridized carbons (Fsp3) is 0.348. The number of anilines is 1. The van der Waals surface area contributed by atoms with Gasteiger partial charge in [0.1, 0.15) is 5.82 Å². The van der Waals surface area contributed by atoms with E-state index in [4.69, 9.17) is 15.9 Å². The van der Waals surface area contributed by atoms with Gasteiger partial charge in [-0.25, -0.2) is 17.5 Å². The summed E-state index contributed by atoms with van der Waals surface area (Å²) in [5, 5.41) is 8.59. The van der Waals surface area contributed by atoms with Crippen LogP contribution in [0.1, 0.15) is 35.6 Å². The number of nitrogen functional groups attached to an aromatic ring is 1. The molecule has 170 valence electrons. The summed E-state index contributed by atoms with van der Waals surface area (Å²) >= 11 is 0. The molecule has 1 aliphatic heterocycles. The molecule has 0 spiro atoms. The SMILES string of the molecule is CNS(=O)(=O)CCc1c(C2CCOCC2)n(-c2ccc(F)cc2)c2cc(C=N)c(N)cc12. The highest BCUT2D eigenvalue weighted by Gasteiger charge is 2.28. The summed E-state index contributed by atoms with van der Waals surface area (Å²) in [6.45, 7) is 1.25. The van der Waals surface area contributed by atoms with E-state index in [9.17, 15) is 12.8 Å². The molecule has 7 nitrogen and oxygen atoms in total. The van der Waals surface area contributed by atoms with Gasteiger partial charge in [-0.2, -0.15) is 0 Å². The zero-order valence-corrected chi connectivity index (χ0v) is 18.7. The van der Waals surface area contributed by atoms with Crippen LogP contribution in [0.25, 0.3) is 16.6 Å². The van der Waals surface area contributed by atoms with Crippen LogP contribution in [-0.4, -0.2) is 45.2 Å². The molecule has 0 bridgehead atoms. The van der Waals surface area contributed by atoms with Crippen molar-refractivity contribution in [3.63, 3.8) is 0 Å². The van der Waals surface area contributed by atoms with Crippen LogP contribution in [0.4, 0.5) is 10.1 Å². The molecule has 0 saturated carbocycles. The molecule has 1 saturated heterocycles. The van der Waals surface area contributed by atoms with Gasteiger partial charge in [0.25, 0.3) is 0 Å². The number of nitrogens with zero attached hydrogens (tertiary/aromatic N) is 1. The number of hydrogen-bond acceptors (Lipinski definition) is 5. The number of halogens is 1. The Morgan fingerprint density at radius 1 is 1.25 bits per heavy atom. The summed E-state index contributed by atoms with van der Waals surface area (Å²) in [5.41, 5.74) is 10.8. The molecule has 32 heavy (non-hydrogen) atoms. The molecule has 2 heterocycles. The van der Waals surface area contributed by atoms with Crippen LogP contribution >= 0.6 is 0 Å². The highest BCUT2D eigenvalue weighted by molar-refractivity contribution is 7.89. The molecule has 0 unspecified atom stereocenters. The van der Waals surface area contributed by atoms with Gasteiger partial charge in [0.05, 0.1) is 11.3 Å². The van der Waals surface area contributed by atoms with E-state index in [0.717, 1.165) is 40.7 Å². The van der Waals surface area contributed by atoms with Gasteiger partial charge in [-0.05, 0) is 68.3 Å². The quantitative estimate of drug-likeness (QED) is 0.373. The number of hydrogen-bond donors (Lipinski definition) is 3. The molecule has 0 amide bonds. The first-order valence-electron chi connectivity index (χ1n) is 10.6. The lowest BCUT2D eigenvalue weighted by Gasteiger charge is -2.25. The maximum Gasteiger partial charge on any atom is 0.211 e. The minimum absolute atomic E-state index is 0.0610. The first-order valence-corrected chi connectivity index (χ1v) is 12.2. The van der Waals surface area contributed by atoms with Crippen molar-refractivity contribution in [3.8, 4) is 5.69 Å². The Hall–Kier alpha value is -2.75. The Labute approximate surface area is 186 Å². The summed E-state index contributed by atoms with van der Waals surface area (Å²) in [7, 11) is -2.01. The number of benzene rings is 2. The van der Waals surface area contributed by atoms with E-state index in [1.165, 1.54) is 25.4 Å². The second-order valence-corrected chi connectivity index (χ2v) is 10.0. The third-order valence-corrected chi connectivity index (χ3v) is 7.46. The van der Waals surface area contributed by atoms with Crippen LogP contribution in [0.5, 0.6) is 0 Å². The second kappa shape index (κ2) is 9.01. The molecular formula is C23H27FN4O3S. The van der Waals surface area contributed by atoms with E-state index in [2.05, 4.69) is 9.29 Å². The van der Waals surface area contributed by atoms with Gasteiger partial charge in [-0.3, -0.25) is 0 Å². The lowest BCUT2D eigenvalue weighted by molar-refractivity contribution is 0.0841. The minimum Gasteiger partial charge on any atom is -0.398 e. The molecule has 0 atom stereocenters. The van der Waals surface area contributed by atoms with E-state index in [1.54, 1.807) is 12.1 Å². The van der Waals surface area contributed by atoms with Crippen LogP contribution in [0, 0.1) is 11.2 Å². The normalized spacial score (nSPS) is 15.3. The molecule has 1 aromatic heterocycles. The van der Waals surface area contributed by atoms with Gasteiger partial charge in [-0.15, -0.1) is 0 Å². The Kier molecular flexibility index (Phi) is 6.32. The van der Waals surface area contributed by atoms with E-state index in [1.807, 2.05) is 12.1 Å². The Morgan fingerprint density at radius 2 is 1.94 bits per heavy atom. The number of ether oxygens (including phenoxy) is 1.